The fourth-order valence-corrected chi connectivity index (χ4v) is 3.67. The van der Waals surface area contributed by atoms with Crippen LogP contribution in [0.5, 0.6) is 0 Å². The molecule has 2 unspecified atom stereocenters. The second-order valence-corrected chi connectivity index (χ2v) is 6.39. The number of rotatable bonds is 6. The van der Waals surface area contributed by atoms with Gasteiger partial charge in [-0.25, -0.2) is 0 Å². The van der Waals surface area contributed by atoms with Crippen LogP contribution in [0.25, 0.3) is 0 Å². The summed E-state index contributed by atoms with van der Waals surface area (Å²) in [6.07, 6.45) is 6.51. The molecule has 2 nitrogen and oxygen atoms in total. The molecule has 0 saturated carbocycles. The highest BCUT2D eigenvalue weighted by atomic mass is 32.1. The Morgan fingerprint density at radius 1 is 1.50 bits per heavy atom. The lowest BCUT2D eigenvalue weighted by atomic mass is 9.99. The van der Waals surface area contributed by atoms with E-state index in [0.717, 1.165) is 19.0 Å². The SMILES string of the molecule is CCc1ccsc1CNC(C)CC1CCCCN1. The standard InChI is InChI=1S/C15H26N2S/c1-3-13-7-9-18-15(13)11-17-12(2)10-14-6-4-5-8-16-14/h7,9,12,14,16-17H,3-6,8,10-11H2,1-2H3. The number of hydrogen-bond donors (Lipinski definition) is 2. The van der Waals surface area contributed by atoms with Crippen LogP contribution in [0.4, 0.5) is 0 Å². The van der Waals surface area contributed by atoms with Crippen molar-refractivity contribution < 1.29 is 0 Å². The fraction of sp³-hybridized carbons (Fsp3) is 0.733. The minimum absolute atomic E-state index is 0.604. The largest absolute Gasteiger partial charge is 0.314 e. The summed E-state index contributed by atoms with van der Waals surface area (Å²) in [6.45, 7) is 6.80. The highest BCUT2D eigenvalue weighted by Crippen LogP contribution is 2.18. The highest BCUT2D eigenvalue weighted by Gasteiger charge is 2.15. The van der Waals surface area contributed by atoms with Crippen molar-refractivity contribution in [2.24, 2.45) is 0 Å². The molecule has 1 aromatic rings. The zero-order valence-corrected chi connectivity index (χ0v) is 12.5. The molecule has 0 amide bonds. The van der Waals surface area contributed by atoms with E-state index >= 15 is 0 Å². The number of aryl methyl sites for hydroxylation is 1. The van der Waals surface area contributed by atoms with E-state index in [1.807, 2.05) is 11.3 Å². The van der Waals surface area contributed by atoms with E-state index in [-0.39, 0.29) is 0 Å². The van der Waals surface area contributed by atoms with Crippen LogP contribution in [0.2, 0.25) is 0 Å². The van der Waals surface area contributed by atoms with Gasteiger partial charge in [0.2, 0.25) is 0 Å². The molecule has 0 aromatic carbocycles. The summed E-state index contributed by atoms with van der Waals surface area (Å²) >= 11 is 1.88. The first kappa shape index (κ1) is 14.0. The summed E-state index contributed by atoms with van der Waals surface area (Å²) in [6, 6.07) is 3.59. The van der Waals surface area contributed by atoms with Crippen LogP contribution in [-0.4, -0.2) is 18.6 Å². The number of hydrogen-bond acceptors (Lipinski definition) is 3. The van der Waals surface area contributed by atoms with Crippen molar-refractivity contribution in [1.82, 2.24) is 10.6 Å². The Bertz CT molecular complexity index is 342. The zero-order chi connectivity index (χ0) is 12.8. The lowest BCUT2D eigenvalue weighted by Crippen LogP contribution is -2.39. The number of nitrogens with one attached hydrogen (secondary N) is 2. The Morgan fingerprint density at radius 2 is 2.39 bits per heavy atom. The van der Waals surface area contributed by atoms with Gasteiger partial charge in [0, 0.05) is 23.5 Å². The van der Waals surface area contributed by atoms with E-state index in [4.69, 9.17) is 0 Å². The first-order valence-corrected chi connectivity index (χ1v) is 8.19. The van der Waals surface area contributed by atoms with Crippen LogP contribution in [-0.2, 0) is 13.0 Å². The van der Waals surface area contributed by atoms with Gasteiger partial charge in [0.1, 0.15) is 0 Å². The third-order valence-corrected chi connectivity index (χ3v) is 4.84. The molecule has 0 radical (unpaired) electrons. The van der Waals surface area contributed by atoms with E-state index in [0.29, 0.717) is 6.04 Å². The third-order valence-electron chi connectivity index (χ3n) is 3.88. The van der Waals surface area contributed by atoms with Gasteiger partial charge >= 0.3 is 0 Å². The van der Waals surface area contributed by atoms with E-state index in [1.165, 1.54) is 42.7 Å². The van der Waals surface area contributed by atoms with E-state index in [2.05, 4.69) is 35.9 Å². The predicted molar refractivity (Wildman–Crippen MR) is 80.3 cm³/mol. The first-order chi connectivity index (χ1) is 8.79. The lowest BCUT2D eigenvalue weighted by molar-refractivity contribution is 0.345. The molecule has 1 saturated heterocycles. The van der Waals surface area contributed by atoms with Crippen molar-refractivity contribution >= 4 is 11.3 Å². The van der Waals surface area contributed by atoms with Gasteiger partial charge < -0.3 is 10.6 Å². The average molecular weight is 266 g/mol. The minimum Gasteiger partial charge on any atom is -0.314 e. The minimum atomic E-state index is 0.604. The van der Waals surface area contributed by atoms with Gasteiger partial charge in [0.15, 0.2) is 0 Å². The van der Waals surface area contributed by atoms with E-state index in [9.17, 15) is 0 Å². The second kappa shape index (κ2) is 7.27. The van der Waals surface area contributed by atoms with Gasteiger partial charge in [-0.05, 0) is 56.2 Å². The molecule has 0 bridgehead atoms. The monoisotopic (exact) mass is 266 g/mol. The topological polar surface area (TPSA) is 24.1 Å². The van der Waals surface area contributed by atoms with Crippen LogP contribution in [0, 0.1) is 0 Å². The van der Waals surface area contributed by atoms with E-state index < -0.39 is 0 Å². The van der Waals surface area contributed by atoms with Gasteiger partial charge in [-0.1, -0.05) is 13.3 Å². The summed E-state index contributed by atoms with van der Waals surface area (Å²) in [5, 5.41) is 9.52. The van der Waals surface area contributed by atoms with Crippen molar-refractivity contribution in [3.8, 4) is 0 Å². The maximum Gasteiger partial charge on any atom is 0.0304 e. The molecule has 2 rings (SSSR count). The molecule has 0 aliphatic carbocycles. The lowest BCUT2D eigenvalue weighted by Gasteiger charge is -2.26. The number of thiophene rings is 1. The molecule has 0 spiro atoms. The quantitative estimate of drug-likeness (QED) is 0.825. The molecule has 18 heavy (non-hydrogen) atoms. The molecule has 2 heterocycles. The molecule has 2 atom stereocenters. The molecule has 1 fully saturated rings. The summed E-state index contributed by atoms with van der Waals surface area (Å²) < 4.78 is 0. The van der Waals surface area contributed by atoms with Gasteiger partial charge in [0.25, 0.3) is 0 Å². The van der Waals surface area contributed by atoms with Crippen LogP contribution < -0.4 is 10.6 Å². The molecule has 1 aliphatic heterocycles. The summed E-state index contributed by atoms with van der Waals surface area (Å²) in [5.41, 5.74) is 1.51. The zero-order valence-electron chi connectivity index (χ0n) is 11.7. The predicted octanol–water partition coefficient (Wildman–Crippen LogP) is 3.32. The molecule has 1 aliphatic rings. The van der Waals surface area contributed by atoms with Crippen molar-refractivity contribution in [1.29, 1.82) is 0 Å². The number of piperidine rings is 1. The maximum atomic E-state index is 3.68. The maximum absolute atomic E-state index is 3.68. The van der Waals surface area contributed by atoms with Crippen molar-refractivity contribution in [2.45, 2.75) is 64.6 Å². The van der Waals surface area contributed by atoms with Crippen LogP contribution in [0.15, 0.2) is 11.4 Å². The molecule has 1 aromatic heterocycles. The van der Waals surface area contributed by atoms with Crippen LogP contribution >= 0.6 is 11.3 Å². The van der Waals surface area contributed by atoms with E-state index in [1.54, 1.807) is 0 Å². The third kappa shape index (κ3) is 4.08. The summed E-state index contributed by atoms with van der Waals surface area (Å²) in [7, 11) is 0. The van der Waals surface area contributed by atoms with Crippen molar-refractivity contribution in [3.05, 3.63) is 21.9 Å². The van der Waals surface area contributed by atoms with Crippen LogP contribution in [0.3, 0.4) is 0 Å². The normalized spacial score (nSPS) is 22.0. The fourth-order valence-electron chi connectivity index (χ4n) is 2.74. The molecule has 3 heteroatoms. The first-order valence-electron chi connectivity index (χ1n) is 7.31. The highest BCUT2D eigenvalue weighted by molar-refractivity contribution is 7.10. The second-order valence-electron chi connectivity index (χ2n) is 5.39. The Balaban J connectivity index is 1.72. The molecular weight excluding hydrogens is 240 g/mol. The molecular formula is C15H26N2S. The molecule has 2 N–H and O–H groups in total. The Labute approximate surface area is 115 Å². The van der Waals surface area contributed by atoms with Gasteiger partial charge in [0.05, 0.1) is 0 Å². The average Bonchev–Trinajstić information content (AvgIpc) is 2.85. The Kier molecular flexibility index (Phi) is 5.67. The van der Waals surface area contributed by atoms with Crippen molar-refractivity contribution in [2.75, 3.05) is 6.54 Å². The summed E-state index contributed by atoms with van der Waals surface area (Å²) in [4.78, 5) is 1.51. The summed E-state index contributed by atoms with van der Waals surface area (Å²) in [5.74, 6) is 0. The van der Waals surface area contributed by atoms with Gasteiger partial charge in [-0.15, -0.1) is 11.3 Å². The smallest absolute Gasteiger partial charge is 0.0304 e. The molecule has 102 valence electrons. The van der Waals surface area contributed by atoms with Crippen LogP contribution in [0.1, 0.15) is 50.0 Å². The van der Waals surface area contributed by atoms with Gasteiger partial charge in [-0.3, -0.25) is 0 Å². The van der Waals surface area contributed by atoms with Gasteiger partial charge in [-0.2, -0.15) is 0 Å². The Morgan fingerprint density at radius 3 is 3.11 bits per heavy atom. The Hall–Kier alpha value is -0.380. The van der Waals surface area contributed by atoms with Crippen molar-refractivity contribution in [3.63, 3.8) is 0 Å².